The van der Waals surface area contributed by atoms with Crippen molar-refractivity contribution in [1.29, 1.82) is 0 Å². The van der Waals surface area contributed by atoms with Crippen LogP contribution in [0.5, 0.6) is 5.75 Å². The summed E-state index contributed by atoms with van der Waals surface area (Å²) >= 11 is -4.26. The fourth-order valence-corrected chi connectivity index (χ4v) is 8.94. The minimum atomic E-state index is -6.70. The number of ether oxygens (including phenoxy) is 2. The molecule has 0 unspecified atom stereocenters. The van der Waals surface area contributed by atoms with E-state index in [2.05, 4.69) is 7.25 Å². The van der Waals surface area contributed by atoms with E-state index in [-0.39, 0.29) is 35.5 Å². The Kier molecular flexibility index (Phi) is 8.51. The Balaban J connectivity index is 2.47. The van der Waals surface area contributed by atoms with Gasteiger partial charge in [0, 0.05) is 0 Å². The van der Waals surface area contributed by atoms with Crippen LogP contribution in [-0.4, -0.2) is 36.9 Å². The summed E-state index contributed by atoms with van der Waals surface area (Å²) in [6.07, 6.45) is -12.7. The molecule has 0 atom stereocenters. The Hall–Kier alpha value is -0.990. The van der Waals surface area contributed by atoms with Crippen molar-refractivity contribution in [1.82, 2.24) is 0 Å². The van der Waals surface area contributed by atoms with Gasteiger partial charge >= 0.3 is 204 Å². The van der Waals surface area contributed by atoms with Crippen LogP contribution in [0.4, 0.5) is 35.1 Å². The van der Waals surface area contributed by atoms with Crippen molar-refractivity contribution < 1.29 is 55.5 Å². The Morgan fingerprint density at radius 1 is 0.788 bits per heavy atom. The molecule has 16 heteroatoms. The number of hydrogen-bond donors (Lipinski definition) is 0. The van der Waals surface area contributed by atoms with Crippen molar-refractivity contribution in [2.45, 2.75) is 21.4 Å². The van der Waals surface area contributed by atoms with Gasteiger partial charge in [0.05, 0.1) is 0 Å². The molecule has 0 aliphatic rings. The molecule has 0 aromatic heterocycles. The molecule has 0 saturated heterocycles. The van der Waals surface area contributed by atoms with Gasteiger partial charge in [-0.2, -0.15) is 0 Å². The molecule has 0 aliphatic heterocycles. The molecule has 5 nitrogen and oxygen atoms in total. The second-order valence-electron chi connectivity index (χ2n) is 5.87. The van der Waals surface area contributed by atoms with Gasteiger partial charge in [0.25, 0.3) is 0 Å². The zero-order valence-electron chi connectivity index (χ0n) is 15.9. The maximum atomic E-state index is 14.2. The third-order valence-corrected chi connectivity index (χ3v) is 11.5. The second-order valence-corrected chi connectivity index (χ2v) is 13.8. The van der Waals surface area contributed by atoms with Gasteiger partial charge in [-0.1, -0.05) is 0 Å². The normalized spacial score (nSPS) is 14.2. The third-order valence-electron chi connectivity index (χ3n) is 3.56. The van der Waals surface area contributed by atoms with Crippen LogP contribution in [0.15, 0.2) is 54.6 Å². The molecule has 0 amide bonds. The van der Waals surface area contributed by atoms with Crippen molar-refractivity contribution in [3.63, 3.8) is 0 Å². The van der Waals surface area contributed by atoms with E-state index in [4.69, 9.17) is 4.74 Å². The molecule has 186 valence electrons. The zero-order chi connectivity index (χ0) is 25.3. The van der Waals surface area contributed by atoms with Gasteiger partial charge in [-0.25, -0.2) is 0 Å². The van der Waals surface area contributed by atoms with Crippen LogP contribution in [0.25, 0.3) is 0 Å². The van der Waals surface area contributed by atoms with Crippen molar-refractivity contribution in [3.05, 3.63) is 61.7 Å². The Bertz CT molecular complexity index is 1050. The van der Waals surface area contributed by atoms with Crippen LogP contribution < -0.4 is 4.74 Å². The molecular formula is C17H12F8I2O5S. The molecule has 2 aromatic rings. The quantitative estimate of drug-likeness (QED) is 0.163. The average Bonchev–Trinajstić information content (AvgIpc) is 2.71. The Morgan fingerprint density at radius 3 is 1.73 bits per heavy atom. The molecule has 0 bridgehead atoms. The number of halogens is 10. The average molecular weight is 734 g/mol. The summed E-state index contributed by atoms with van der Waals surface area (Å²) in [5.74, 6) is 0.290. The van der Waals surface area contributed by atoms with E-state index in [0.29, 0.717) is 0 Å². The fraction of sp³-hybridized carbons (Fsp3) is 0.294. The van der Waals surface area contributed by atoms with Crippen LogP contribution in [0, 0.1) is 7.14 Å². The summed E-state index contributed by atoms with van der Waals surface area (Å²) in [5.41, 5.74) is 0. The van der Waals surface area contributed by atoms with Crippen molar-refractivity contribution >= 4 is 52.9 Å². The van der Waals surface area contributed by atoms with E-state index in [1.807, 2.05) is 0 Å². The molecular weight excluding hydrogens is 722 g/mol. The second kappa shape index (κ2) is 9.94. The number of benzene rings is 2. The van der Waals surface area contributed by atoms with E-state index < -0.39 is 51.8 Å². The Morgan fingerprint density at radius 2 is 1.27 bits per heavy atom. The van der Waals surface area contributed by atoms with Crippen molar-refractivity contribution in [2.24, 2.45) is 0 Å². The molecule has 0 radical (unpaired) electrons. The maximum absolute atomic E-state index is 14.2. The van der Waals surface area contributed by atoms with Crippen LogP contribution in [0.3, 0.4) is 0 Å². The van der Waals surface area contributed by atoms with E-state index >= 15 is 0 Å². The fourth-order valence-electron chi connectivity index (χ4n) is 1.96. The number of hydrogen-bond acceptors (Lipinski definition) is 5. The topological polar surface area (TPSA) is 61.8 Å². The van der Waals surface area contributed by atoms with Crippen LogP contribution >= 0.6 is 42.8 Å². The van der Waals surface area contributed by atoms with E-state index in [1.165, 1.54) is 61.7 Å². The van der Waals surface area contributed by atoms with Gasteiger partial charge in [0.1, 0.15) is 0 Å². The van der Waals surface area contributed by atoms with Crippen molar-refractivity contribution in [2.75, 3.05) is 7.11 Å². The Labute approximate surface area is 203 Å². The number of alkyl halides is 9. The van der Waals surface area contributed by atoms with Gasteiger partial charge in [-0.3, -0.25) is 0 Å². The van der Waals surface area contributed by atoms with Crippen LogP contribution in [-0.2, 0) is 17.4 Å². The summed E-state index contributed by atoms with van der Waals surface area (Å²) in [6.45, 7) is 0. The summed E-state index contributed by atoms with van der Waals surface area (Å²) in [4.78, 5) is 0. The third kappa shape index (κ3) is 6.17. The molecule has 0 heterocycles. The predicted molar refractivity (Wildman–Crippen MR) is 116 cm³/mol. The first-order valence-corrected chi connectivity index (χ1v) is 13.7. The molecule has 33 heavy (non-hydrogen) atoms. The predicted octanol–water partition coefficient (Wildman–Crippen LogP) is 6.33. The van der Waals surface area contributed by atoms with E-state index in [0.717, 1.165) is 0 Å². The summed E-state index contributed by atoms with van der Waals surface area (Å²) in [7, 11) is -5.39. The molecule has 0 N–H and O–H groups in total. The van der Waals surface area contributed by atoms with Gasteiger partial charge in [-0.15, -0.1) is 0 Å². The molecule has 0 aliphatic carbocycles. The van der Waals surface area contributed by atoms with E-state index in [1.54, 1.807) is 0 Å². The van der Waals surface area contributed by atoms with Gasteiger partial charge in [0.2, 0.25) is 0 Å². The molecule has 0 saturated carbocycles. The molecule has 2 aromatic carbocycles. The zero-order valence-corrected chi connectivity index (χ0v) is 21.1. The molecule has 0 spiro atoms. The SMILES string of the molecule is COc1ccc(I(OS(=O)(=O)C(F)(F)C(F)(F)OC(F)(F)C(F)(F)I)c2ccccc2)cc1. The van der Waals surface area contributed by atoms with Crippen LogP contribution in [0.1, 0.15) is 0 Å². The standard InChI is InChI=1S/C17H12F8I2O5S/c1-30-13-9-7-12(8-10-13)27(11-5-3-2-4-6-11)32-33(28,29)17(24,25)16(22,23)31-15(20,21)14(18,19)26/h2-10H,1H3. The van der Waals surface area contributed by atoms with Crippen molar-refractivity contribution in [3.8, 4) is 5.75 Å². The number of methoxy groups -OCH3 is 1. The van der Waals surface area contributed by atoms with Crippen LogP contribution in [0.2, 0.25) is 0 Å². The van der Waals surface area contributed by atoms with Gasteiger partial charge in [-0.05, 0) is 0 Å². The minimum absolute atomic E-state index is 0.0268. The monoisotopic (exact) mass is 734 g/mol. The molecule has 0 fully saturated rings. The summed E-state index contributed by atoms with van der Waals surface area (Å²) in [5, 5.41) is -6.46. The summed E-state index contributed by atoms with van der Waals surface area (Å²) < 4.78 is 139. The summed E-state index contributed by atoms with van der Waals surface area (Å²) in [6, 6.07) is 11.9. The first-order valence-electron chi connectivity index (χ1n) is 8.19. The van der Waals surface area contributed by atoms with Gasteiger partial charge < -0.3 is 0 Å². The first kappa shape index (κ1) is 28.2. The van der Waals surface area contributed by atoms with E-state index in [9.17, 15) is 43.5 Å². The van der Waals surface area contributed by atoms with Gasteiger partial charge in [0.15, 0.2) is 0 Å². The first-order chi connectivity index (χ1) is 15.0. The number of rotatable bonds is 10. The molecule has 2 rings (SSSR count).